The number of carbonyl (C=O) groups is 1. The van der Waals surface area contributed by atoms with Crippen LogP contribution in [-0.4, -0.2) is 56.8 Å². The van der Waals surface area contributed by atoms with E-state index in [9.17, 15) is 26.4 Å². The van der Waals surface area contributed by atoms with E-state index in [1.54, 1.807) is 18.0 Å². The van der Waals surface area contributed by atoms with Crippen molar-refractivity contribution in [2.45, 2.75) is 30.8 Å². The largest absolute Gasteiger partial charge is 0.416 e. The van der Waals surface area contributed by atoms with Crippen molar-refractivity contribution in [3.63, 3.8) is 0 Å². The van der Waals surface area contributed by atoms with Gasteiger partial charge >= 0.3 is 6.18 Å². The highest BCUT2D eigenvalue weighted by Crippen LogP contribution is 2.31. The van der Waals surface area contributed by atoms with Crippen molar-refractivity contribution in [3.05, 3.63) is 41.6 Å². The molecule has 7 nitrogen and oxygen atoms in total. The normalized spacial score (nSPS) is 15.7. The fourth-order valence-electron chi connectivity index (χ4n) is 2.70. The van der Waals surface area contributed by atoms with Crippen molar-refractivity contribution < 1.29 is 31.2 Å². The number of benzene rings is 1. The molecule has 1 aromatic carbocycles. The van der Waals surface area contributed by atoms with E-state index < -0.39 is 26.7 Å². The molecule has 1 amide bonds. The maximum absolute atomic E-state index is 12.9. The zero-order chi connectivity index (χ0) is 21.7. The van der Waals surface area contributed by atoms with Gasteiger partial charge in [0.25, 0.3) is 5.91 Å². The first kappa shape index (κ1) is 23.2. The van der Waals surface area contributed by atoms with Crippen LogP contribution in [0.3, 0.4) is 0 Å². The number of sulfonamides is 1. The summed E-state index contributed by atoms with van der Waals surface area (Å²) in [5.74, 6) is -0.190. The van der Waals surface area contributed by atoms with E-state index >= 15 is 0 Å². The first-order valence-electron chi connectivity index (χ1n) is 9.04. The summed E-state index contributed by atoms with van der Waals surface area (Å²) in [6.45, 7) is 2.46. The average Bonchev–Trinajstić information content (AvgIpc) is 2.68. The van der Waals surface area contributed by atoms with E-state index in [0.717, 1.165) is 28.9 Å². The van der Waals surface area contributed by atoms with E-state index in [1.807, 2.05) is 6.92 Å². The Morgan fingerprint density at radius 1 is 1.34 bits per heavy atom. The summed E-state index contributed by atoms with van der Waals surface area (Å²) in [4.78, 5) is 18.1. The molecule has 0 unspecified atom stereocenters. The molecular formula is C18H24F3N3O4S. The van der Waals surface area contributed by atoms with Crippen LogP contribution in [0.4, 0.5) is 13.2 Å². The summed E-state index contributed by atoms with van der Waals surface area (Å²) in [6, 6.07) is 3.68. The van der Waals surface area contributed by atoms with Gasteiger partial charge in [-0.05, 0) is 30.7 Å². The number of rotatable bonds is 8. The number of hydrogen-bond donors (Lipinski definition) is 1. The first-order valence-corrected chi connectivity index (χ1v) is 10.5. The van der Waals surface area contributed by atoms with Gasteiger partial charge in [0, 0.05) is 38.8 Å². The van der Waals surface area contributed by atoms with E-state index in [-0.39, 0.29) is 32.0 Å². The summed E-state index contributed by atoms with van der Waals surface area (Å²) in [6.07, 6.45) is -1.95. The molecule has 0 saturated heterocycles. The third-order valence-electron chi connectivity index (χ3n) is 4.35. The lowest BCUT2D eigenvalue weighted by molar-refractivity contribution is -0.138. The Kier molecular flexibility index (Phi) is 7.66. The molecule has 11 heteroatoms. The fourth-order valence-corrected chi connectivity index (χ4v) is 4.13. The standard InChI is InChI=1S/C18H24F3N3O4S/c1-3-9-23(2)17(25)13-28-22-15-7-10-24(11-8-15)29(26,27)16-6-4-5-14(12-16)18(19,20)21/h4-7,12,22H,3,8-11,13H2,1-2H3. The van der Waals surface area contributed by atoms with Crippen LogP contribution < -0.4 is 5.48 Å². The highest BCUT2D eigenvalue weighted by Gasteiger charge is 2.33. The second-order valence-corrected chi connectivity index (χ2v) is 8.51. The number of halogens is 3. The lowest BCUT2D eigenvalue weighted by atomic mass is 10.2. The van der Waals surface area contributed by atoms with Crippen molar-refractivity contribution in [1.29, 1.82) is 0 Å². The molecule has 0 aromatic heterocycles. The van der Waals surface area contributed by atoms with Gasteiger partial charge < -0.3 is 4.90 Å². The summed E-state index contributed by atoms with van der Waals surface area (Å²) < 4.78 is 64.9. The van der Waals surface area contributed by atoms with E-state index in [1.165, 1.54) is 0 Å². The van der Waals surface area contributed by atoms with Gasteiger partial charge in [-0.25, -0.2) is 8.42 Å². The number of alkyl halides is 3. The molecular weight excluding hydrogens is 411 g/mol. The lowest BCUT2D eigenvalue weighted by Crippen LogP contribution is -2.38. The van der Waals surface area contributed by atoms with Crippen molar-refractivity contribution >= 4 is 15.9 Å². The Labute approximate surface area is 168 Å². The molecule has 0 atom stereocenters. The van der Waals surface area contributed by atoms with Crippen LogP contribution in [0.2, 0.25) is 0 Å². The number of nitrogens with zero attached hydrogens (tertiary/aromatic N) is 2. The van der Waals surface area contributed by atoms with Crippen LogP contribution in [0.1, 0.15) is 25.3 Å². The zero-order valence-electron chi connectivity index (χ0n) is 16.2. The second-order valence-electron chi connectivity index (χ2n) is 6.57. The number of likely N-dealkylation sites (N-methyl/N-ethyl adjacent to an activating group) is 1. The molecule has 0 spiro atoms. The summed E-state index contributed by atoms with van der Waals surface area (Å²) in [5, 5.41) is 0. The van der Waals surface area contributed by atoms with Crippen LogP contribution in [0, 0.1) is 0 Å². The third kappa shape index (κ3) is 6.18. The highest BCUT2D eigenvalue weighted by molar-refractivity contribution is 7.89. The zero-order valence-corrected chi connectivity index (χ0v) is 17.0. The molecule has 0 bridgehead atoms. The first-order chi connectivity index (χ1) is 13.6. The Balaban J connectivity index is 1.95. The SMILES string of the molecule is CCCN(C)C(=O)CONC1=CCN(S(=O)(=O)c2cccc(C(F)(F)F)c2)CC1. The summed E-state index contributed by atoms with van der Waals surface area (Å²) in [7, 11) is -2.39. The van der Waals surface area contributed by atoms with Gasteiger partial charge in [0.1, 0.15) is 0 Å². The molecule has 1 aromatic rings. The molecule has 29 heavy (non-hydrogen) atoms. The number of amides is 1. The molecule has 2 rings (SSSR count). The van der Waals surface area contributed by atoms with Crippen LogP contribution >= 0.6 is 0 Å². The second kappa shape index (κ2) is 9.59. The minimum atomic E-state index is -4.62. The van der Waals surface area contributed by atoms with Crippen molar-refractivity contribution in [2.75, 3.05) is 33.3 Å². The van der Waals surface area contributed by atoms with Gasteiger partial charge in [0.05, 0.1) is 10.5 Å². The molecule has 0 fully saturated rings. The quantitative estimate of drug-likeness (QED) is 0.635. The van der Waals surface area contributed by atoms with Crippen molar-refractivity contribution in [2.24, 2.45) is 0 Å². The number of carbonyl (C=O) groups excluding carboxylic acids is 1. The summed E-state index contributed by atoms with van der Waals surface area (Å²) >= 11 is 0. The Morgan fingerprint density at radius 3 is 2.66 bits per heavy atom. The van der Waals surface area contributed by atoms with Crippen LogP contribution in [0.25, 0.3) is 0 Å². The highest BCUT2D eigenvalue weighted by atomic mass is 32.2. The van der Waals surface area contributed by atoms with Gasteiger partial charge in [0.2, 0.25) is 10.0 Å². The maximum atomic E-state index is 12.9. The maximum Gasteiger partial charge on any atom is 0.416 e. The molecule has 0 saturated carbocycles. The van der Waals surface area contributed by atoms with Crippen LogP contribution in [0.15, 0.2) is 40.9 Å². The summed E-state index contributed by atoms with van der Waals surface area (Å²) in [5.41, 5.74) is 2.22. The molecule has 1 N–H and O–H groups in total. The van der Waals surface area contributed by atoms with Crippen LogP contribution in [0.5, 0.6) is 0 Å². The van der Waals surface area contributed by atoms with E-state index in [2.05, 4.69) is 5.48 Å². The number of nitrogens with one attached hydrogen (secondary N) is 1. The van der Waals surface area contributed by atoms with Gasteiger partial charge in [-0.1, -0.05) is 13.0 Å². The Morgan fingerprint density at radius 2 is 2.07 bits per heavy atom. The van der Waals surface area contributed by atoms with Gasteiger partial charge in [-0.15, -0.1) is 0 Å². The fraction of sp³-hybridized carbons (Fsp3) is 0.500. The van der Waals surface area contributed by atoms with Crippen LogP contribution in [-0.2, 0) is 25.8 Å². The number of hydroxylamine groups is 1. The molecule has 162 valence electrons. The smallest absolute Gasteiger partial charge is 0.344 e. The van der Waals surface area contributed by atoms with Crippen molar-refractivity contribution in [1.82, 2.24) is 14.7 Å². The predicted molar refractivity (Wildman–Crippen MR) is 99.9 cm³/mol. The Hall–Kier alpha value is -2.11. The topological polar surface area (TPSA) is 79.0 Å². The average molecular weight is 435 g/mol. The minimum Gasteiger partial charge on any atom is -0.344 e. The molecule has 0 aliphatic carbocycles. The van der Waals surface area contributed by atoms with E-state index in [0.29, 0.717) is 18.3 Å². The third-order valence-corrected chi connectivity index (χ3v) is 6.22. The Bertz CT molecular complexity index is 856. The number of hydrogen-bond acceptors (Lipinski definition) is 5. The van der Waals surface area contributed by atoms with Gasteiger partial charge in [0.15, 0.2) is 6.61 Å². The molecule has 1 heterocycles. The van der Waals surface area contributed by atoms with Crippen molar-refractivity contribution in [3.8, 4) is 0 Å². The molecule has 0 radical (unpaired) electrons. The van der Waals surface area contributed by atoms with Gasteiger partial charge in [-0.3, -0.25) is 15.1 Å². The molecule has 1 aliphatic heterocycles. The van der Waals surface area contributed by atoms with Gasteiger partial charge in [-0.2, -0.15) is 17.5 Å². The minimum absolute atomic E-state index is 0.0199. The lowest BCUT2D eigenvalue weighted by Gasteiger charge is -2.26. The van der Waals surface area contributed by atoms with E-state index in [4.69, 9.17) is 4.84 Å². The predicted octanol–water partition coefficient (Wildman–Crippen LogP) is 2.37. The monoisotopic (exact) mass is 435 g/mol. The molecule has 1 aliphatic rings.